The first-order valence-corrected chi connectivity index (χ1v) is 12.0. The van der Waals surface area contributed by atoms with Gasteiger partial charge in [-0.2, -0.15) is 5.26 Å². The van der Waals surface area contributed by atoms with Gasteiger partial charge >= 0.3 is 0 Å². The molecule has 35 heavy (non-hydrogen) atoms. The molecule has 0 unspecified atom stereocenters. The van der Waals surface area contributed by atoms with Gasteiger partial charge in [0.1, 0.15) is 17.9 Å². The van der Waals surface area contributed by atoms with Crippen LogP contribution in [0.1, 0.15) is 24.0 Å². The van der Waals surface area contributed by atoms with E-state index in [9.17, 15) is 5.26 Å². The van der Waals surface area contributed by atoms with E-state index in [4.69, 9.17) is 14.2 Å². The molecule has 2 aromatic carbocycles. The Labute approximate surface area is 205 Å². The second-order valence-electron chi connectivity index (χ2n) is 8.74. The van der Waals surface area contributed by atoms with Crippen LogP contribution in [-0.4, -0.2) is 55.6 Å². The maximum absolute atomic E-state index is 9.70. The van der Waals surface area contributed by atoms with Crippen LogP contribution in [0.5, 0.6) is 5.75 Å². The van der Waals surface area contributed by atoms with Gasteiger partial charge in [-0.05, 0) is 55.0 Å². The zero-order valence-electron chi connectivity index (χ0n) is 19.9. The second kappa shape index (κ2) is 10.7. The first-order valence-electron chi connectivity index (χ1n) is 12.0. The predicted octanol–water partition coefficient (Wildman–Crippen LogP) is 4.46. The van der Waals surface area contributed by atoms with E-state index < -0.39 is 0 Å². The van der Waals surface area contributed by atoms with Gasteiger partial charge in [0, 0.05) is 49.1 Å². The zero-order valence-corrected chi connectivity index (χ0v) is 19.9. The van der Waals surface area contributed by atoms with Crippen molar-refractivity contribution in [2.75, 3.05) is 49.7 Å². The van der Waals surface area contributed by atoms with Crippen molar-refractivity contribution in [3.05, 3.63) is 59.8 Å². The molecule has 180 valence electrons. The molecule has 0 radical (unpaired) electrons. The fourth-order valence-electron chi connectivity index (χ4n) is 4.45. The summed E-state index contributed by atoms with van der Waals surface area (Å²) in [4.78, 5) is 11.4. The van der Waals surface area contributed by atoms with Gasteiger partial charge in [0.05, 0.1) is 37.7 Å². The van der Waals surface area contributed by atoms with Gasteiger partial charge in [-0.25, -0.2) is 9.97 Å². The van der Waals surface area contributed by atoms with Gasteiger partial charge in [-0.15, -0.1) is 0 Å². The lowest BCUT2D eigenvalue weighted by Gasteiger charge is -2.30. The molecular formula is C27H29N5O3. The van der Waals surface area contributed by atoms with E-state index in [1.807, 2.05) is 30.3 Å². The normalized spacial score (nSPS) is 16.5. The third-order valence-corrected chi connectivity index (χ3v) is 6.32. The van der Waals surface area contributed by atoms with Crippen LogP contribution in [0.3, 0.4) is 0 Å². The van der Waals surface area contributed by atoms with Crippen molar-refractivity contribution in [3.8, 4) is 23.1 Å². The van der Waals surface area contributed by atoms with Crippen molar-refractivity contribution in [3.63, 3.8) is 0 Å². The summed E-state index contributed by atoms with van der Waals surface area (Å²) in [7, 11) is 0. The number of morpholine rings is 1. The highest BCUT2D eigenvalue weighted by Crippen LogP contribution is 2.29. The van der Waals surface area contributed by atoms with Crippen LogP contribution in [-0.2, 0) is 9.47 Å². The number of hydrogen-bond acceptors (Lipinski definition) is 8. The minimum atomic E-state index is 0.0784. The number of aryl methyl sites for hydroxylation is 1. The number of rotatable bonds is 6. The third-order valence-electron chi connectivity index (χ3n) is 6.32. The number of aromatic nitrogens is 2. The molecule has 8 heteroatoms. The molecule has 0 saturated carbocycles. The van der Waals surface area contributed by atoms with Crippen LogP contribution >= 0.6 is 0 Å². The van der Waals surface area contributed by atoms with E-state index >= 15 is 0 Å². The molecule has 5 rings (SSSR count). The molecule has 0 atom stereocenters. The summed E-state index contributed by atoms with van der Waals surface area (Å²) >= 11 is 0. The van der Waals surface area contributed by atoms with Crippen molar-refractivity contribution < 1.29 is 14.2 Å². The average Bonchev–Trinajstić information content (AvgIpc) is 2.90. The standard InChI is InChI=1S/C27H29N5O3/c1-19-16-22(3-4-25(19)32-10-14-34-15-11-32)30-27-29-9-6-24(31-27)20-2-5-26(21(17-20)18-28)35-23-7-12-33-13-8-23/h2-6,9,16-17,23H,7-8,10-15H2,1H3,(H,29,30,31). The molecule has 2 fully saturated rings. The average molecular weight is 472 g/mol. The number of nitrogens with zero attached hydrogens (tertiary/aromatic N) is 4. The Hall–Kier alpha value is -3.67. The van der Waals surface area contributed by atoms with Crippen molar-refractivity contribution in [2.24, 2.45) is 0 Å². The van der Waals surface area contributed by atoms with Gasteiger partial charge < -0.3 is 24.4 Å². The minimum absolute atomic E-state index is 0.0784. The number of ether oxygens (including phenoxy) is 3. The monoisotopic (exact) mass is 471 g/mol. The fraction of sp³-hybridized carbons (Fsp3) is 0.370. The molecule has 0 bridgehead atoms. The van der Waals surface area contributed by atoms with E-state index in [-0.39, 0.29) is 6.10 Å². The van der Waals surface area contributed by atoms with E-state index in [2.05, 4.69) is 45.3 Å². The molecule has 1 N–H and O–H groups in total. The van der Waals surface area contributed by atoms with Gasteiger partial charge in [0.2, 0.25) is 5.95 Å². The van der Waals surface area contributed by atoms with Crippen LogP contribution in [0.2, 0.25) is 0 Å². The highest BCUT2D eigenvalue weighted by molar-refractivity contribution is 5.67. The zero-order chi connectivity index (χ0) is 24.0. The first kappa shape index (κ1) is 23.1. The molecule has 0 amide bonds. The molecule has 3 heterocycles. The van der Waals surface area contributed by atoms with E-state index in [1.165, 1.54) is 11.3 Å². The van der Waals surface area contributed by atoms with Crippen molar-refractivity contribution in [1.29, 1.82) is 5.26 Å². The Balaban J connectivity index is 1.31. The van der Waals surface area contributed by atoms with Crippen LogP contribution < -0.4 is 15.0 Å². The van der Waals surface area contributed by atoms with Crippen molar-refractivity contribution in [1.82, 2.24) is 9.97 Å². The largest absolute Gasteiger partial charge is 0.489 e. The van der Waals surface area contributed by atoms with E-state index in [0.717, 1.165) is 56.1 Å². The summed E-state index contributed by atoms with van der Waals surface area (Å²) < 4.78 is 16.9. The summed E-state index contributed by atoms with van der Waals surface area (Å²) in [5.74, 6) is 1.11. The van der Waals surface area contributed by atoms with Crippen LogP contribution in [0.25, 0.3) is 11.3 Å². The van der Waals surface area contributed by atoms with E-state index in [1.54, 1.807) is 6.20 Å². The highest BCUT2D eigenvalue weighted by atomic mass is 16.5. The quantitative estimate of drug-likeness (QED) is 0.563. The molecule has 0 spiro atoms. The lowest BCUT2D eigenvalue weighted by atomic mass is 10.1. The summed E-state index contributed by atoms with van der Waals surface area (Å²) in [6, 6.07) is 16.0. The van der Waals surface area contributed by atoms with Gasteiger partial charge in [0.15, 0.2) is 0 Å². The number of nitriles is 1. The molecule has 1 aromatic heterocycles. The van der Waals surface area contributed by atoms with Crippen LogP contribution in [0.4, 0.5) is 17.3 Å². The Morgan fingerprint density at radius 2 is 1.83 bits per heavy atom. The summed E-state index contributed by atoms with van der Waals surface area (Å²) in [6.07, 6.45) is 3.47. The minimum Gasteiger partial charge on any atom is -0.489 e. The Morgan fingerprint density at radius 3 is 2.60 bits per heavy atom. The van der Waals surface area contributed by atoms with Crippen molar-refractivity contribution >= 4 is 17.3 Å². The van der Waals surface area contributed by atoms with E-state index in [0.29, 0.717) is 30.5 Å². The Kier molecular flexibility index (Phi) is 7.07. The Morgan fingerprint density at radius 1 is 1.03 bits per heavy atom. The maximum Gasteiger partial charge on any atom is 0.227 e. The number of hydrogen-bond donors (Lipinski definition) is 1. The topological polar surface area (TPSA) is 92.5 Å². The summed E-state index contributed by atoms with van der Waals surface area (Å²) in [5.41, 5.74) is 5.40. The Bertz CT molecular complexity index is 1210. The van der Waals surface area contributed by atoms with Gasteiger partial charge in [-0.1, -0.05) is 0 Å². The molecule has 2 saturated heterocycles. The highest BCUT2D eigenvalue weighted by Gasteiger charge is 2.18. The second-order valence-corrected chi connectivity index (χ2v) is 8.74. The molecule has 2 aliphatic rings. The molecule has 0 aliphatic carbocycles. The van der Waals surface area contributed by atoms with Crippen molar-refractivity contribution in [2.45, 2.75) is 25.9 Å². The lowest BCUT2D eigenvalue weighted by molar-refractivity contribution is 0.0254. The lowest BCUT2D eigenvalue weighted by Crippen LogP contribution is -2.36. The third kappa shape index (κ3) is 5.53. The summed E-state index contributed by atoms with van der Waals surface area (Å²) in [6.45, 7) is 6.82. The fourth-order valence-corrected chi connectivity index (χ4v) is 4.45. The molecular weight excluding hydrogens is 442 g/mol. The SMILES string of the molecule is Cc1cc(Nc2nccc(-c3ccc(OC4CCOCC4)c(C#N)c3)n2)ccc1N1CCOCC1. The van der Waals surface area contributed by atoms with Crippen LogP contribution in [0, 0.1) is 18.3 Å². The maximum atomic E-state index is 9.70. The molecule has 3 aromatic rings. The summed E-state index contributed by atoms with van der Waals surface area (Å²) in [5, 5.41) is 13.0. The number of nitrogens with one attached hydrogen (secondary N) is 1. The smallest absolute Gasteiger partial charge is 0.227 e. The first-order chi connectivity index (χ1) is 17.2. The molecule has 8 nitrogen and oxygen atoms in total. The van der Waals surface area contributed by atoms with Gasteiger partial charge in [-0.3, -0.25) is 0 Å². The van der Waals surface area contributed by atoms with Crippen LogP contribution in [0.15, 0.2) is 48.7 Å². The predicted molar refractivity (Wildman–Crippen MR) is 134 cm³/mol. The number of anilines is 3. The number of benzene rings is 2. The van der Waals surface area contributed by atoms with Gasteiger partial charge in [0.25, 0.3) is 0 Å². The molecule has 2 aliphatic heterocycles.